The van der Waals surface area contributed by atoms with Gasteiger partial charge in [-0.1, -0.05) is 71.7 Å². The minimum atomic E-state index is 0.247. The molecule has 0 radical (unpaired) electrons. The Labute approximate surface area is 127 Å². The predicted octanol–water partition coefficient (Wildman–Crippen LogP) is 7.33. The maximum absolute atomic E-state index is 5.94. The third-order valence-electron chi connectivity index (χ3n) is 2.14. The molecule has 1 aromatic carbocycles. The molecule has 1 aromatic rings. The lowest BCUT2D eigenvalue weighted by Crippen LogP contribution is -2.11. The predicted molar refractivity (Wildman–Crippen MR) is 89.4 cm³/mol. The smallest absolute Gasteiger partial charge is 0.0603 e. The average molecular weight is 309 g/mol. The van der Waals surface area contributed by atoms with E-state index in [4.69, 9.17) is 23.2 Å². The second-order valence-electron chi connectivity index (χ2n) is 3.79. The normalized spacial score (nSPS) is 9.83. The SMILES string of the molecule is CC.CC.CCC(C)(C)Sc1ccc(Cl)c(Cl)c1. The van der Waals surface area contributed by atoms with Crippen molar-refractivity contribution in [1.82, 2.24) is 0 Å². The van der Waals surface area contributed by atoms with E-state index in [9.17, 15) is 0 Å². The number of rotatable bonds is 3. The van der Waals surface area contributed by atoms with E-state index in [1.54, 1.807) is 0 Å². The van der Waals surface area contributed by atoms with E-state index in [0.29, 0.717) is 10.0 Å². The summed E-state index contributed by atoms with van der Waals surface area (Å²) in [5.74, 6) is 0. The summed E-state index contributed by atoms with van der Waals surface area (Å²) in [6.07, 6.45) is 1.12. The number of halogens is 2. The van der Waals surface area contributed by atoms with Crippen LogP contribution in [0.15, 0.2) is 23.1 Å². The summed E-state index contributed by atoms with van der Waals surface area (Å²) in [7, 11) is 0. The van der Waals surface area contributed by atoms with E-state index in [1.165, 1.54) is 4.90 Å². The van der Waals surface area contributed by atoms with Gasteiger partial charge in [0.2, 0.25) is 0 Å². The number of benzene rings is 1. The molecular weight excluding hydrogens is 283 g/mol. The molecule has 0 aliphatic rings. The van der Waals surface area contributed by atoms with E-state index in [-0.39, 0.29) is 4.75 Å². The summed E-state index contributed by atoms with van der Waals surface area (Å²) in [5.41, 5.74) is 0. The summed E-state index contributed by atoms with van der Waals surface area (Å²) < 4.78 is 0.247. The van der Waals surface area contributed by atoms with Crippen LogP contribution in [0.1, 0.15) is 54.9 Å². The fraction of sp³-hybridized carbons (Fsp3) is 0.600. The van der Waals surface area contributed by atoms with Crippen LogP contribution in [-0.2, 0) is 0 Å². The Bertz CT molecular complexity index is 322. The Kier molecular flexibility index (Phi) is 12.5. The third-order valence-corrected chi connectivity index (χ3v) is 4.21. The molecular formula is C15H26Cl2S. The molecule has 0 fully saturated rings. The topological polar surface area (TPSA) is 0 Å². The van der Waals surface area contributed by atoms with Crippen molar-refractivity contribution in [1.29, 1.82) is 0 Å². The summed E-state index contributed by atoms with van der Waals surface area (Å²) in [5, 5.41) is 1.24. The zero-order valence-corrected chi connectivity index (χ0v) is 14.9. The molecule has 0 saturated heterocycles. The van der Waals surface area contributed by atoms with E-state index in [1.807, 2.05) is 57.7 Å². The molecule has 0 unspecified atom stereocenters. The first kappa shape index (κ1) is 20.5. The van der Waals surface area contributed by atoms with Gasteiger partial charge in [-0.3, -0.25) is 0 Å². The van der Waals surface area contributed by atoms with Gasteiger partial charge in [0.05, 0.1) is 10.0 Å². The molecule has 0 amide bonds. The second-order valence-corrected chi connectivity index (χ2v) is 6.39. The average Bonchev–Trinajstić information content (AvgIpc) is 2.38. The van der Waals surface area contributed by atoms with Crippen LogP contribution < -0.4 is 0 Å². The highest BCUT2D eigenvalue weighted by atomic mass is 35.5. The molecule has 18 heavy (non-hydrogen) atoms. The minimum Gasteiger partial charge on any atom is -0.120 e. The van der Waals surface area contributed by atoms with E-state index in [2.05, 4.69) is 20.8 Å². The molecule has 106 valence electrons. The third kappa shape index (κ3) is 8.29. The van der Waals surface area contributed by atoms with Gasteiger partial charge in [-0.2, -0.15) is 0 Å². The lowest BCUT2D eigenvalue weighted by molar-refractivity contribution is 0.684. The highest BCUT2D eigenvalue weighted by molar-refractivity contribution is 8.00. The minimum absolute atomic E-state index is 0.247. The standard InChI is InChI=1S/C11H14Cl2S.2C2H6/c1-4-11(2,3)14-8-5-6-9(12)10(13)7-8;2*1-2/h5-7H,4H2,1-3H3;2*1-2H3. The van der Waals surface area contributed by atoms with Crippen molar-refractivity contribution in [2.24, 2.45) is 0 Å². The molecule has 0 saturated carbocycles. The van der Waals surface area contributed by atoms with Crippen LogP contribution >= 0.6 is 35.0 Å². The molecule has 0 spiro atoms. The van der Waals surface area contributed by atoms with E-state index in [0.717, 1.165) is 6.42 Å². The lowest BCUT2D eigenvalue weighted by atomic mass is 10.1. The molecule has 0 atom stereocenters. The van der Waals surface area contributed by atoms with Crippen LogP contribution in [0.2, 0.25) is 10.0 Å². The molecule has 1 rings (SSSR count). The quantitative estimate of drug-likeness (QED) is 0.527. The van der Waals surface area contributed by atoms with Gasteiger partial charge in [-0.25, -0.2) is 0 Å². The summed E-state index contributed by atoms with van der Waals surface area (Å²) >= 11 is 13.6. The van der Waals surface area contributed by atoms with Crippen molar-refractivity contribution in [3.63, 3.8) is 0 Å². The zero-order valence-electron chi connectivity index (χ0n) is 12.6. The van der Waals surface area contributed by atoms with E-state index >= 15 is 0 Å². The molecule has 0 aliphatic heterocycles. The van der Waals surface area contributed by atoms with Crippen molar-refractivity contribution in [3.05, 3.63) is 28.2 Å². The Balaban J connectivity index is 0. The molecule has 0 bridgehead atoms. The van der Waals surface area contributed by atoms with Gasteiger partial charge in [0.15, 0.2) is 0 Å². The fourth-order valence-electron chi connectivity index (χ4n) is 0.932. The monoisotopic (exact) mass is 308 g/mol. The highest BCUT2D eigenvalue weighted by Gasteiger charge is 2.16. The number of thioether (sulfide) groups is 1. The van der Waals surface area contributed by atoms with Gasteiger partial charge >= 0.3 is 0 Å². The van der Waals surface area contributed by atoms with Gasteiger partial charge in [0.1, 0.15) is 0 Å². The highest BCUT2D eigenvalue weighted by Crippen LogP contribution is 2.37. The summed E-state index contributed by atoms with van der Waals surface area (Å²) in [6.45, 7) is 14.6. The van der Waals surface area contributed by atoms with Crippen LogP contribution in [-0.4, -0.2) is 4.75 Å². The molecule has 3 heteroatoms. The first-order chi connectivity index (χ1) is 8.44. The lowest BCUT2D eigenvalue weighted by Gasteiger charge is -2.21. The summed E-state index contributed by atoms with van der Waals surface area (Å²) in [4.78, 5) is 1.17. The van der Waals surface area contributed by atoms with Crippen molar-refractivity contribution >= 4 is 35.0 Å². The van der Waals surface area contributed by atoms with Gasteiger partial charge in [-0.15, -0.1) is 11.8 Å². The largest absolute Gasteiger partial charge is 0.120 e. The van der Waals surface area contributed by atoms with Gasteiger partial charge < -0.3 is 0 Å². The molecule has 0 aliphatic carbocycles. The van der Waals surface area contributed by atoms with E-state index < -0.39 is 0 Å². The van der Waals surface area contributed by atoms with Crippen molar-refractivity contribution in [2.45, 2.75) is 64.5 Å². The Morgan fingerprint density at radius 3 is 1.89 bits per heavy atom. The van der Waals surface area contributed by atoms with Crippen LogP contribution in [0.25, 0.3) is 0 Å². The molecule has 0 heterocycles. The maximum Gasteiger partial charge on any atom is 0.0603 e. The van der Waals surface area contributed by atoms with Gasteiger partial charge in [0, 0.05) is 9.64 Å². The van der Waals surface area contributed by atoms with Crippen molar-refractivity contribution < 1.29 is 0 Å². The maximum atomic E-state index is 5.94. The Morgan fingerprint density at radius 2 is 1.50 bits per heavy atom. The second kappa shape index (κ2) is 11.0. The van der Waals surface area contributed by atoms with Crippen molar-refractivity contribution in [3.8, 4) is 0 Å². The van der Waals surface area contributed by atoms with Gasteiger partial charge in [-0.05, 0) is 24.6 Å². The Hall–Kier alpha value is 0.150. The molecule has 0 N–H and O–H groups in total. The van der Waals surface area contributed by atoms with Gasteiger partial charge in [0.25, 0.3) is 0 Å². The first-order valence-corrected chi connectivity index (χ1v) is 8.16. The first-order valence-electron chi connectivity index (χ1n) is 6.58. The van der Waals surface area contributed by atoms with Crippen LogP contribution in [0.5, 0.6) is 0 Å². The van der Waals surface area contributed by atoms with Crippen LogP contribution in [0, 0.1) is 0 Å². The summed E-state index contributed by atoms with van der Waals surface area (Å²) in [6, 6.07) is 5.78. The fourth-order valence-corrected chi connectivity index (χ4v) is 2.39. The number of hydrogen-bond acceptors (Lipinski definition) is 1. The molecule has 0 nitrogen and oxygen atoms in total. The van der Waals surface area contributed by atoms with Crippen LogP contribution in [0.4, 0.5) is 0 Å². The Morgan fingerprint density at radius 1 is 1.00 bits per heavy atom. The van der Waals surface area contributed by atoms with Crippen molar-refractivity contribution in [2.75, 3.05) is 0 Å². The number of hydrogen-bond donors (Lipinski definition) is 0. The molecule has 0 aromatic heterocycles. The zero-order chi connectivity index (χ0) is 14.8. The van der Waals surface area contributed by atoms with Crippen LogP contribution in [0.3, 0.4) is 0 Å².